The number of quaternary nitrogens is 2. The SMILES string of the molecule is CN(C(=O)C[NH+]1CC[NH+](C/C=C/c2ccccc2)CC1)[C@H]1CCCc2ccccc21. The molecule has 4 nitrogen and oxygen atoms in total. The highest BCUT2D eigenvalue weighted by Crippen LogP contribution is 2.33. The highest BCUT2D eigenvalue weighted by Gasteiger charge is 2.30. The van der Waals surface area contributed by atoms with Crippen molar-refractivity contribution in [2.45, 2.75) is 25.3 Å². The minimum absolute atomic E-state index is 0.247. The van der Waals surface area contributed by atoms with Gasteiger partial charge in [-0.2, -0.15) is 0 Å². The smallest absolute Gasteiger partial charge is 0.278 e. The van der Waals surface area contributed by atoms with Gasteiger partial charge in [0.2, 0.25) is 0 Å². The highest BCUT2D eigenvalue weighted by molar-refractivity contribution is 5.77. The van der Waals surface area contributed by atoms with Gasteiger partial charge in [0, 0.05) is 7.05 Å². The number of fused-ring (bicyclic) bond motifs is 1. The molecule has 1 aliphatic carbocycles. The Morgan fingerprint density at radius 3 is 2.50 bits per heavy atom. The summed E-state index contributed by atoms with van der Waals surface area (Å²) in [5.41, 5.74) is 4.04. The molecule has 0 saturated carbocycles. The largest absolute Gasteiger partial charge is 0.334 e. The second-order valence-electron chi connectivity index (χ2n) is 8.81. The molecule has 1 atom stereocenters. The van der Waals surface area contributed by atoms with Crippen LogP contribution >= 0.6 is 0 Å². The number of hydrogen-bond donors (Lipinski definition) is 2. The van der Waals surface area contributed by atoms with Gasteiger partial charge >= 0.3 is 0 Å². The average Bonchev–Trinajstić information content (AvgIpc) is 2.80. The molecule has 4 rings (SSSR count). The van der Waals surface area contributed by atoms with Crippen molar-refractivity contribution in [3.05, 3.63) is 77.4 Å². The third-order valence-corrected chi connectivity index (χ3v) is 6.78. The van der Waals surface area contributed by atoms with Crippen molar-refractivity contribution in [2.24, 2.45) is 0 Å². The molecule has 1 aliphatic heterocycles. The highest BCUT2D eigenvalue weighted by atomic mass is 16.2. The Kier molecular flexibility index (Phi) is 6.98. The van der Waals surface area contributed by atoms with Crippen LogP contribution in [0.25, 0.3) is 6.08 Å². The number of carbonyl (C=O) groups excluding carboxylic acids is 1. The second kappa shape index (κ2) is 10.1. The number of aryl methyl sites for hydroxylation is 1. The third kappa shape index (κ3) is 5.18. The molecule has 2 aromatic rings. The molecule has 1 heterocycles. The number of amides is 1. The van der Waals surface area contributed by atoms with Crippen molar-refractivity contribution < 1.29 is 14.6 Å². The molecule has 1 saturated heterocycles. The summed E-state index contributed by atoms with van der Waals surface area (Å²) in [6, 6.07) is 19.4. The van der Waals surface area contributed by atoms with Crippen LogP contribution in [0, 0.1) is 0 Å². The average molecular weight is 406 g/mol. The predicted molar refractivity (Wildman–Crippen MR) is 121 cm³/mol. The van der Waals surface area contributed by atoms with Crippen molar-refractivity contribution in [1.82, 2.24) is 4.90 Å². The summed E-state index contributed by atoms with van der Waals surface area (Å²) in [6.07, 6.45) is 7.90. The Morgan fingerprint density at radius 1 is 1.00 bits per heavy atom. The lowest BCUT2D eigenvalue weighted by Crippen LogP contribution is -3.28. The van der Waals surface area contributed by atoms with Crippen LogP contribution < -0.4 is 9.80 Å². The Balaban J connectivity index is 1.24. The van der Waals surface area contributed by atoms with Crippen molar-refractivity contribution in [2.75, 3.05) is 46.3 Å². The monoisotopic (exact) mass is 405 g/mol. The maximum absolute atomic E-state index is 13.0. The molecule has 2 aromatic carbocycles. The quantitative estimate of drug-likeness (QED) is 0.738. The van der Waals surface area contributed by atoms with Crippen LogP contribution in [0.1, 0.15) is 35.6 Å². The number of piperazine rings is 1. The lowest BCUT2D eigenvalue weighted by atomic mass is 9.87. The van der Waals surface area contributed by atoms with Crippen LogP contribution in [0.5, 0.6) is 0 Å². The standard InChI is InChI=1S/C26H33N3O/c1-27(25-15-7-13-23-12-5-6-14-24(23)25)26(30)21-29-19-17-28(18-20-29)16-8-11-22-9-3-2-4-10-22/h2-6,8-12,14,25H,7,13,15-21H2,1H3/p+2/b11-8+/t25-/m0/s1. The predicted octanol–water partition coefficient (Wildman–Crippen LogP) is 1.02. The third-order valence-electron chi connectivity index (χ3n) is 6.78. The van der Waals surface area contributed by atoms with E-state index < -0.39 is 0 Å². The first-order chi connectivity index (χ1) is 14.7. The lowest BCUT2D eigenvalue weighted by molar-refractivity contribution is -1.01. The van der Waals surface area contributed by atoms with Crippen LogP contribution in [0.15, 0.2) is 60.7 Å². The van der Waals surface area contributed by atoms with Gasteiger partial charge in [-0.3, -0.25) is 4.79 Å². The van der Waals surface area contributed by atoms with E-state index in [1.165, 1.54) is 28.0 Å². The van der Waals surface area contributed by atoms with Crippen LogP contribution in [0.2, 0.25) is 0 Å². The maximum atomic E-state index is 13.0. The summed E-state index contributed by atoms with van der Waals surface area (Å²) in [7, 11) is 2.00. The lowest BCUT2D eigenvalue weighted by Gasteiger charge is -2.35. The first-order valence-electron chi connectivity index (χ1n) is 11.4. The molecule has 0 aromatic heterocycles. The fourth-order valence-corrected chi connectivity index (χ4v) is 4.91. The van der Waals surface area contributed by atoms with E-state index in [1.54, 1.807) is 4.90 Å². The van der Waals surface area contributed by atoms with Gasteiger partial charge in [-0.1, -0.05) is 60.7 Å². The molecule has 0 unspecified atom stereocenters. The summed E-state index contributed by atoms with van der Waals surface area (Å²) in [4.78, 5) is 18.1. The molecule has 0 bridgehead atoms. The zero-order chi connectivity index (χ0) is 20.8. The molecular formula is C26H35N3O+2. The first-order valence-corrected chi connectivity index (χ1v) is 11.4. The Labute approximate surface area is 180 Å². The first kappa shape index (κ1) is 20.8. The fraction of sp³-hybridized carbons (Fsp3) is 0.423. The number of nitrogens with zero attached hydrogens (tertiary/aromatic N) is 1. The second-order valence-corrected chi connectivity index (χ2v) is 8.81. The van der Waals surface area contributed by atoms with E-state index in [2.05, 4.69) is 66.7 Å². The van der Waals surface area contributed by atoms with E-state index >= 15 is 0 Å². The summed E-state index contributed by atoms with van der Waals surface area (Å²) in [5, 5.41) is 0. The van der Waals surface area contributed by atoms with E-state index in [9.17, 15) is 4.79 Å². The van der Waals surface area contributed by atoms with Gasteiger partial charge in [-0.15, -0.1) is 0 Å². The summed E-state index contributed by atoms with van der Waals surface area (Å²) in [5.74, 6) is 0.291. The zero-order valence-corrected chi connectivity index (χ0v) is 18.1. The van der Waals surface area contributed by atoms with E-state index in [1.807, 2.05) is 11.9 Å². The Bertz CT molecular complexity index is 856. The molecular weight excluding hydrogens is 370 g/mol. The van der Waals surface area contributed by atoms with E-state index in [0.717, 1.165) is 45.6 Å². The maximum Gasteiger partial charge on any atom is 0.278 e. The topological polar surface area (TPSA) is 29.2 Å². The normalized spacial score (nSPS) is 23.8. The molecule has 2 aliphatic rings. The molecule has 4 heteroatoms. The number of likely N-dealkylation sites (N-methyl/N-ethyl adjacent to an activating group) is 1. The van der Waals surface area contributed by atoms with Crippen LogP contribution in [-0.4, -0.2) is 57.1 Å². The Hall–Kier alpha value is -2.43. The Morgan fingerprint density at radius 2 is 1.70 bits per heavy atom. The molecule has 2 N–H and O–H groups in total. The van der Waals surface area contributed by atoms with Gasteiger partial charge in [0.25, 0.3) is 5.91 Å². The minimum atomic E-state index is 0.247. The van der Waals surface area contributed by atoms with Gasteiger partial charge in [0.15, 0.2) is 6.54 Å². The van der Waals surface area contributed by atoms with Crippen LogP contribution in [0.4, 0.5) is 0 Å². The number of carbonyl (C=O) groups is 1. The number of nitrogens with one attached hydrogen (secondary N) is 2. The molecule has 0 spiro atoms. The minimum Gasteiger partial charge on any atom is -0.334 e. The van der Waals surface area contributed by atoms with E-state index in [0.29, 0.717) is 12.5 Å². The van der Waals surface area contributed by atoms with E-state index in [4.69, 9.17) is 0 Å². The molecule has 1 fully saturated rings. The zero-order valence-electron chi connectivity index (χ0n) is 18.1. The number of benzene rings is 2. The van der Waals surface area contributed by atoms with Gasteiger partial charge in [0.05, 0.1) is 12.6 Å². The molecule has 0 radical (unpaired) electrons. The van der Waals surface area contributed by atoms with Gasteiger partial charge in [-0.25, -0.2) is 0 Å². The van der Waals surface area contributed by atoms with Crippen LogP contribution in [0.3, 0.4) is 0 Å². The number of rotatable bonds is 6. The summed E-state index contributed by atoms with van der Waals surface area (Å²) in [6.45, 7) is 6.12. The van der Waals surface area contributed by atoms with Gasteiger partial charge in [0.1, 0.15) is 26.2 Å². The summed E-state index contributed by atoms with van der Waals surface area (Å²) >= 11 is 0. The van der Waals surface area contributed by atoms with Gasteiger partial charge in [-0.05, 0) is 42.0 Å². The summed E-state index contributed by atoms with van der Waals surface area (Å²) < 4.78 is 0. The van der Waals surface area contributed by atoms with Crippen molar-refractivity contribution >= 4 is 12.0 Å². The molecule has 158 valence electrons. The molecule has 1 amide bonds. The molecule has 30 heavy (non-hydrogen) atoms. The van der Waals surface area contributed by atoms with Crippen molar-refractivity contribution in [3.8, 4) is 0 Å². The van der Waals surface area contributed by atoms with E-state index in [-0.39, 0.29) is 6.04 Å². The van der Waals surface area contributed by atoms with Crippen LogP contribution in [-0.2, 0) is 11.2 Å². The van der Waals surface area contributed by atoms with Crippen molar-refractivity contribution in [3.63, 3.8) is 0 Å². The van der Waals surface area contributed by atoms with Crippen molar-refractivity contribution in [1.29, 1.82) is 0 Å². The van der Waals surface area contributed by atoms with Gasteiger partial charge < -0.3 is 14.7 Å². The fourth-order valence-electron chi connectivity index (χ4n) is 4.91. The number of hydrogen-bond acceptors (Lipinski definition) is 1.